The number of aliphatic hydroxyl groups excluding tert-OH is 1. The number of aromatic nitrogens is 2. The third-order valence-corrected chi connectivity index (χ3v) is 7.80. The molecule has 0 bridgehead atoms. The van der Waals surface area contributed by atoms with Crippen LogP contribution < -0.4 is 10.2 Å². The van der Waals surface area contributed by atoms with Gasteiger partial charge in [-0.3, -0.25) is 14.5 Å². The summed E-state index contributed by atoms with van der Waals surface area (Å²) < 4.78 is 13.0. The van der Waals surface area contributed by atoms with E-state index < -0.39 is 12.3 Å². The van der Waals surface area contributed by atoms with Crippen molar-refractivity contribution >= 4 is 23.5 Å². The Hall–Kier alpha value is -3.90. The lowest BCUT2D eigenvalue weighted by Crippen LogP contribution is -2.50. The molecular formula is C32H39N5O6. The van der Waals surface area contributed by atoms with Crippen LogP contribution in [-0.4, -0.2) is 75.8 Å². The number of piperazine rings is 1. The van der Waals surface area contributed by atoms with Crippen LogP contribution in [0.2, 0.25) is 0 Å². The van der Waals surface area contributed by atoms with Crippen molar-refractivity contribution in [2.75, 3.05) is 42.9 Å². The van der Waals surface area contributed by atoms with Gasteiger partial charge in [0.15, 0.2) is 6.29 Å². The molecule has 1 amide bonds. The second-order valence-corrected chi connectivity index (χ2v) is 11.0. The summed E-state index contributed by atoms with van der Waals surface area (Å²) in [5.41, 5.74) is 3.40. The van der Waals surface area contributed by atoms with Gasteiger partial charge in [0, 0.05) is 75.6 Å². The van der Waals surface area contributed by atoms with Crippen molar-refractivity contribution in [3.63, 3.8) is 0 Å². The quantitative estimate of drug-likeness (QED) is 0.267. The van der Waals surface area contributed by atoms with E-state index in [1.54, 1.807) is 12.4 Å². The molecule has 2 aromatic carbocycles. The van der Waals surface area contributed by atoms with Gasteiger partial charge in [0.2, 0.25) is 11.9 Å². The molecule has 0 aliphatic carbocycles. The molecule has 0 saturated carbocycles. The van der Waals surface area contributed by atoms with Crippen LogP contribution in [0.4, 0.5) is 11.6 Å². The van der Waals surface area contributed by atoms with E-state index in [0.717, 1.165) is 55.4 Å². The van der Waals surface area contributed by atoms with Crippen LogP contribution in [0.3, 0.4) is 0 Å². The number of carboxylic acids is 1. The number of ether oxygens (including phenoxy) is 2. The van der Waals surface area contributed by atoms with E-state index in [2.05, 4.69) is 25.1 Å². The zero-order valence-corrected chi connectivity index (χ0v) is 24.2. The molecule has 1 aromatic heterocycles. The number of nitrogens with zero attached hydrogens (tertiary/aromatic N) is 4. The number of carboxylic acid groups (broad SMARTS) is 1. The molecule has 0 spiro atoms. The van der Waals surface area contributed by atoms with Crippen molar-refractivity contribution in [3.05, 3.63) is 83.7 Å². The van der Waals surface area contributed by atoms with Crippen molar-refractivity contribution in [1.29, 1.82) is 0 Å². The van der Waals surface area contributed by atoms with Gasteiger partial charge in [-0.05, 0) is 42.2 Å². The van der Waals surface area contributed by atoms with Crippen molar-refractivity contribution in [2.45, 2.75) is 57.2 Å². The molecule has 11 nitrogen and oxygen atoms in total. The predicted molar refractivity (Wildman–Crippen MR) is 160 cm³/mol. The Bertz CT molecular complexity index is 1320. The monoisotopic (exact) mass is 589 g/mol. The van der Waals surface area contributed by atoms with Crippen molar-refractivity contribution < 1.29 is 29.3 Å². The minimum Gasteiger partial charge on any atom is -0.481 e. The maximum Gasteiger partial charge on any atom is 0.303 e. The highest BCUT2D eigenvalue weighted by Gasteiger charge is 2.34. The van der Waals surface area contributed by atoms with Crippen molar-refractivity contribution in [1.82, 2.24) is 14.9 Å². The molecule has 2 aliphatic heterocycles. The lowest BCUT2D eigenvalue weighted by atomic mass is 9.99. The highest BCUT2D eigenvalue weighted by atomic mass is 16.7. The molecule has 228 valence electrons. The van der Waals surface area contributed by atoms with E-state index in [9.17, 15) is 14.7 Å². The lowest BCUT2D eigenvalue weighted by Gasteiger charge is -2.40. The van der Waals surface area contributed by atoms with E-state index >= 15 is 0 Å². The van der Waals surface area contributed by atoms with Crippen LogP contribution in [0.15, 0.2) is 67.0 Å². The lowest BCUT2D eigenvalue weighted by molar-refractivity contribution is -0.253. The van der Waals surface area contributed by atoms with Crippen molar-refractivity contribution in [3.8, 4) is 0 Å². The number of rotatable bonds is 12. The first kappa shape index (κ1) is 30.6. The second-order valence-electron chi connectivity index (χ2n) is 11.0. The number of anilines is 2. The SMILES string of the molecule is O=C(O)CCCCC(=O)Nc1ccc([C@@H]2O[C@H](CN3CCN(c4ncccn4)CC3)C[C@H](c3ccc(CO)cc3)O2)cc1. The summed E-state index contributed by atoms with van der Waals surface area (Å²) in [6.07, 6.45) is 4.75. The number of aliphatic carboxylic acids is 1. The summed E-state index contributed by atoms with van der Waals surface area (Å²) in [4.78, 5) is 36.3. The second kappa shape index (κ2) is 15.0. The maximum atomic E-state index is 12.3. The fraction of sp³-hybridized carbons (Fsp3) is 0.438. The van der Waals surface area contributed by atoms with Gasteiger partial charge in [-0.25, -0.2) is 9.97 Å². The third kappa shape index (κ3) is 8.80. The highest BCUT2D eigenvalue weighted by Crippen LogP contribution is 2.38. The molecule has 3 heterocycles. The fourth-order valence-electron chi connectivity index (χ4n) is 5.41. The Balaban J connectivity index is 1.22. The average molecular weight is 590 g/mol. The Morgan fingerprint density at radius 2 is 1.56 bits per heavy atom. The zero-order valence-electron chi connectivity index (χ0n) is 24.2. The molecule has 2 aliphatic rings. The normalized spacial score (nSPS) is 21.0. The van der Waals surface area contributed by atoms with Crippen LogP contribution in [0.1, 0.15) is 61.2 Å². The smallest absolute Gasteiger partial charge is 0.303 e. The topological polar surface area (TPSA) is 137 Å². The van der Waals surface area contributed by atoms with E-state index in [1.165, 1.54) is 0 Å². The number of unbranched alkanes of at least 4 members (excludes halogenated alkanes) is 1. The highest BCUT2D eigenvalue weighted by molar-refractivity contribution is 5.90. The van der Waals surface area contributed by atoms with Gasteiger partial charge < -0.3 is 29.9 Å². The summed E-state index contributed by atoms with van der Waals surface area (Å²) in [7, 11) is 0. The Kier molecular flexibility index (Phi) is 10.7. The number of aliphatic hydroxyl groups is 1. The number of nitrogens with one attached hydrogen (secondary N) is 1. The van der Waals surface area contributed by atoms with Crippen LogP contribution in [0.5, 0.6) is 0 Å². The van der Waals surface area contributed by atoms with E-state index in [-0.39, 0.29) is 37.6 Å². The fourth-order valence-corrected chi connectivity index (χ4v) is 5.41. The number of benzene rings is 2. The summed E-state index contributed by atoms with van der Waals surface area (Å²) >= 11 is 0. The van der Waals surface area contributed by atoms with E-state index in [0.29, 0.717) is 24.9 Å². The molecular weight excluding hydrogens is 550 g/mol. The van der Waals surface area contributed by atoms with Crippen LogP contribution in [0, 0.1) is 0 Å². The van der Waals surface area contributed by atoms with Crippen LogP contribution >= 0.6 is 0 Å². The summed E-state index contributed by atoms with van der Waals surface area (Å²) in [6.45, 7) is 4.20. The van der Waals surface area contributed by atoms with Gasteiger partial charge >= 0.3 is 5.97 Å². The van der Waals surface area contributed by atoms with Gasteiger partial charge in [-0.1, -0.05) is 36.4 Å². The molecule has 11 heteroatoms. The number of carbonyl (C=O) groups is 2. The number of hydrogen-bond donors (Lipinski definition) is 3. The Morgan fingerprint density at radius 3 is 2.23 bits per heavy atom. The molecule has 0 unspecified atom stereocenters. The minimum atomic E-state index is -0.851. The maximum absolute atomic E-state index is 12.3. The third-order valence-electron chi connectivity index (χ3n) is 7.80. The van der Waals surface area contributed by atoms with Gasteiger partial charge in [-0.2, -0.15) is 0 Å². The molecule has 3 aromatic rings. The zero-order chi connectivity index (χ0) is 30.0. The van der Waals surface area contributed by atoms with E-state index in [4.69, 9.17) is 14.6 Å². The molecule has 0 radical (unpaired) electrons. The van der Waals surface area contributed by atoms with Gasteiger partial charge in [0.25, 0.3) is 0 Å². The summed E-state index contributed by atoms with van der Waals surface area (Å²) in [6, 6.07) is 17.1. The van der Waals surface area contributed by atoms with Crippen LogP contribution in [-0.2, 0) is 25.7 Å². The predicted octanol–water partition coefficient (Wildman–Crippen LogP) is 3.92. The van der Waals surface area contributed by atoms with E-state index in [1.807, 2.05) is 54.6 Å². The molecule has 3 atom stereocenters. The molecule has 2 saturated heterocycles. The molecule has 3 N–H and O–H groups in total. The molecule has 43 heavy (non-hydrogen) atoms. The number of amides is 1. The Labute approximate surface area is 251 Å². The van der Waals surface area contributed by atoms with Crippen molar-refractivity contribution in [2.24, 2.45) is 0 Å². The van der Waals surface area contributed by atoms with Crippen LogP contribution in [0.25, 0.3) is 0 Å². The standard InChI is InChI=1S/C32H39N5O6/c38-22-23-6-8-24(9-7-23)28-20-27(21-36-16-18-37(19-17-36)32-33-14-3-15-34-32)42-31(43-28)25-10-12-26(13-11-25)35-29(39)4-1-2-5-30(40)41/h3,6-15,27-28,31,38H,1-2,4-5,16-22H2,(H,35,39)(H,40,41)/t27-,28+,31+/m0/s1. The van der Waals surface area contributed by atoms with Gasteiger partial charge in [0.1, 0.15) is 0 Å². The first-order valence-corrected chi connectivity index (χ1v) is 14.8. The summed E-state index contributed by atoms with van der Waals surface area (Å²) in [5.74, 6) is -0.238. The van der Waals surface area contributed by atoms with Gasteiger partial charge in [0.05, 0.1) is 18.8 Å². The first-order valence-electron chi connectivity index (χ1n) is 14.8. The number of carbonyl (C=O) groups excluding carboxylic acids is 1. The molecule has 2 fully saturated rings. The largest absolute Gasteiger partial charge is 0.481 e. The average Bonchev–Trinajstić information content (AvgIpc) is 3.04. The first-order chi connectivity index (χ1) is 21.0. The summed E-state index contributed by atoms with van der Waals surface area (Å²) in [5, 5.41) is 21.1. The molecule has 5 rings (SSSR count). The number of hydrogen-bond acceptors (Lipinski definition) is 9. The Morgan fingerprint density at radius 1 is 0.884 bits per heavy atom. The van der Waals surface area contributed by atoms with Gasteiger partial charge in [-0.15, -0.1) is 0 Å². The minimum absolute atomic E-state index is 0.00855.